The van der Waals surface area contributed by atoms with Crippen molar-refractivity contribution in [3.05, 3.63) is 54.5 Å². The zero-order chi connectivity index (χ0) is 15.6. The first-order valence-corrected chi connectivity index (χ1v) is 8.46. The fourth-order valence-corrected chi connectivity index (χ4v) is 4.07. The zero-order valence-corrected chi connectivity index (χ0v) is 13.2. The van der Waals surface area contributed by atoms with Gasteiger partial charge in [0.1, 0.15) is 6.26 Å². The second kappa shape index (κ2) is 6.11. The highest BCUT2D eigenvalue weighted by molar-refractivity contribution is 5.94. The lowest BCUT2D eigenvalue weighted by molar-refractivity contribution is 0.0714. The summed E-state index contributed by atoms with van der Waals surface area (Å²) >= 11 is 0. The van der Waals surface area contributed by atoms with E-state index in [0.717, 1.165) is 38.9 Å². The fourth-order valence-electron chi connectivity index (χ4n) is 4.07. The van der Waals surface area contributed by atoms with Crippen molar-refractivity contribution in [1.29, 1.82) is 0 Å². The normalized spacial score (nSPS) is 24.3. The Labute approximate surface area is 136 Å². The van der Waals surface area contributed by atoms with Crippen molar-refractivity contribution in [2.75, 3.05) is 24.5 Å². The third-order valence-electron chi connectivity index (χ3n) is 5.30. The summed E-state index contributed by atoms with van der Waals surface area (Å²) in [7, 11) is 0. The highest BCUT2D eigenvalue weighted by Gasteiger charge is 2.38. The number of para-hydroxylation sites is 1. The minimum absolute atomic E-state index is 0.124. The van der Waals surface area contributed by atoms with Gasteiger partial charge < -0.3 is 14.2 Å². The number of benzene rings is 1. The van der Waals surface area contributed by atoms with Crippen LogP contribution < -0.4 is 4.90 Å². The lowest BCUT2D eigenvalue weighted by Gasteiger charge is -2.27. The van der Waals surface area contributed by atoms with Crippen LogP contribution >= 0.6 is 0 Å². The van der Waals surface area contributed by atoms with Crippen LogP contribution in [0.15, 0.2) is 53.3 Å². The van der Waals surface area contributed by atoms with E-state index in [1.165, 1.54) is 5.69 Å². The molecular weight excluding hydrogens is 288 g/mol. The summed E-state index contributed by atoms with van der Waals surface area (Å²) in [6.45, 7) is 2.98. The van der Waals surface area contributed by atoms with Gasteiger partial charge in [-0.15, -0.1) is 0 Å². The predicted octanol–water partition coefficient (Wildman–Crippen LogP) is 3.41. The third kappa shape index (κ3) is 2.74. The van der Waals surface area contributed by atoms with Crippen molar-refractivity contribution in [3.8, 4) is 0 Å². The smallest absolute Gasteiger partial charge is 0.257 e. The van der Waals surface area contributed by atoms with E-state index in [1.54, 1.807) is 18.6 Å². The van der Waals surface area contributed by atoms with Gasteiger partial charge >= 0.3 is 0 Å². The molecule has 2 saturated heterocycles. The molecule has 4 heteroatoms. The molecule has 2 aliphatic rings. The molecule has 2 aliphatic heterocycles. The average molecular weight is 310 g/mol. The zero-order valence-electron chi connectivity index (χ0n) is 13.2. The molecule has 3 heterocycles. The van der Waals surface area contributed by atoms with Gasteiger partial charge in [0.05, 0.1) is 11.8 Å². The Kier molecular flexibility index (Phi) is 3.82. The van der Waals surface area contributed by atoms with Gasteiger partial charge in [-0.25, -0.2) is 0 Å². The van der Waals surface area contributed by atoms with E-state index in [9.17, 15) is 4.79 Å². The minimum Gasteiger partial charge on any atom is -0.472 e. The Morgan fingerprint density at radius 1 is 1.00 bits per heavy atom. The van der Waals surface area contributed by atoms with Gasteiger partial charge in [-0.1, -0.05) is 18.2 Å². The van der Waals surface area contributed by atoms with Crippen molar-refractivity contribution in [1.82, 2.24) is 4.90 Å². The molecule has 120 valence electrons. The van der Waals surface area contributed by atoms with Gasteiger partial charge in [0.25, 0.3) is 5.91 Å². The average Bonchev–Trinajstić information content (AvgIpc) is 3.22. The molecule has 1 aromatic carbocycles. The summed E-state index contributed by atoms with van der Waals surface area (Å²) in [6.07, 6.45) is 6.46. The first-order valence-electron chi connectivity index (χ1n) is 8.46. The molecule has 2 atom stereocenters. The molecule has 0 bridgehead atoms. The van der Waals surface area contributed by atoms with Crippen LogP contribution in [-0.2, 0) is 0 Å². The van der Waals surface area contributed by atoms with E-state index in [0.29, 0.717) is 17.5 Å². The summed E-state index contributed by atoms with van der Waals surface area (Å²) in [5, 5.41) is 0. The summed E-state index contributed by atoms with van der Waals surface area (Å²) in [5.74, 6) is 0.749. The molecular formula is C19H22N2O2. The number of carbonyl (C=O) groups is 1. The van der Waals surface area contributed by atoms with E-state index in [1.807, 2.05) is 0 Å². The lowest BCUT2D eigenvalue weighted by Crippen LogP contribution is -2.38. The first-order chi connectivity index (χ1) is 11.3. The molecule has 0 aliphatic carbocycles. The fraction of sp³-hybridized carbons (Fsp3) is 0.421. The second-order valence-corrected chi connectivity index (χ2v) is 6.53. The Morgan fingerprint density at radius 3 is 2.57 bits per heavy atom. The number of hydrogen-bond acceptors (Lipinski definition) is 3. The Hall–Kier alpha value is -2.23. The molecule has 0 spiro atoms. The Balaban J connectivity index is 1.49. The summed E-state index contributed by atoms with van der Waals surface area (Å²) < 4.78 is 5.08. The van der Waals surface area contributed by atoms with Crippen molar-refractivity contribution in [2.24, 2.45) is 5.92 Å². The minimum atomic E-state index is 0.124. The van der Waals surface area contributed by atoms with Crippen molar-refractivity contribution in [3.63, 3.8) is 0 Å². The topological polar surface area (TPSA) is 36.7 Å². The van der Waals surface area contributed by atoms with Crippen LogP contribution in [0.4, 0.5) is 5.69 Å². The van der Waals surface area contributed by atoms with E-state index in [2.05, 4.69) is 40.1 Å². The second-order valence-electron chi connectivity index (χ2n) is 6.53. The number of amides is 1. The maximum atomic E-state index is 12.7. The van der Waals surface area contributed by atoms with Gasteiger partial charge in [0.15, 0.2) is 0 Å². The van der Waals surface area contributed by atoms with Crippen LogP contribution in [0.25, 0.3) is 0 Å². The van der Waals surface area contributed by atoms with Crippen molar-refractivity contribution < 1.29 is 9.21 Å². The molecule has 0 saturated carbocycles. The van der Waals surface area contributed by atoms with Crippen LogP contribution in [0.5, 0.6) is 0 Å². The van der Waals surface area contributed by atoms with Gasteiger partial charge in [0.2, 0.25) is 0 Å². The number of fused-ring (bicyclic) bond motifs is 1. The van der Waals surface area contributed by atoms with Crippen LogP contribution in [0.2, 0.25) is 0 Å². The highest BCUT2D eigenvalue weighted by Crippen LogP contribution is 2.34. The number of nitrogens with zero attached hydrogens (tertiary/aromatic N) is 2. The summed E-state index contributed by atoms with van der Waals surface area (Å²) in [4.78, 5) is 17.2. The molecule has 2 fully saturated rings. The molecule has 0 radical (unpaired) electrons. The molecule has 23 heavy (non-hydrogen) atoms. The molecule has 2 unspecified atom stereocenters. The molecule has 0 N–H and O–H groups in total. The van der Waals surface area contributed by atoms with Gasteiger partial charge in [-0.05, 0) is 43.4 Å². The number of anilines is 1. The molecule has 4 nitrogen and oxygen atoms in total. The SMILES string of the molecule is O=C(c1ccoc1)N1CCC2CCN(c3ccccc3)CCC21. The van der Waals surface area contributed by atoms with E-state index in [-0.39, 0.29) is 5.91 Å². The first kappa shape index (κ1) is 14.4. The quantitative estimate of drug-likeness (QED) is 0.853. The van der Waals surface area contributed by atoms with Gasteiger partial charge in [-0.3, -0.25) is 4.79 Å². The summed E-state index contributed by atoms with van der Waals surface area (Å²) in [5.41, 5.74) is 1.97. The van der Waals surface area contributed by atoms with E-state index >= 15 is 0 Å². The van der Waals surface area contributed by atoms with Crippen LogP contribution in [0, 0.1) is 5.92 Å². The predicted molar refractivity (Wildman–Crippen MR) is 89.5 cm³/mol. The Morgan fingerprint density at radius 2 is 1.78 bits per heavy atom. The van der Waals surface area contributed by atoms with Gasteiger partial charge in [-0.2, -0.15) is 0 Å². The maximum Gasteiger partial charge on any atom is 0.257 e. The third-order valence-corrected chi connectivity index (χ3v) is 5.30. The molecule has 4 rings (SSSR count). The van der Waals surface area contributed by atoms with Gasteiger partial charge in [0, 0.05) is 31.4 Å². The summed E-state index contributed by atoms with van der Waals surface area (Å²) in [6, 6.07) is 12.7. The Bertz CT molecular complexity index is 653. The highest BCUT2D eigenvalue weighted by atomic mass is 16.3. The van der Waals surface area contributed by atoms with E-state index in [4.69, 9.17) is 4.42 Å². The number of hydrogen-bond donors (Lipinski definition) is 0. The lowest BCUT2D eigenvalue weighted by atomic mass is 9.95. The van der Waals surface area contributed by atoms with Crippen LogP contribution in [0.3, 0.4) is 0 Å². The van der Waals surface area contributed by atoms with E-state index < -0.39 is 0 Å². The monoisotopic (exact) mass is 310 g/mol. The van der Waals surface area contributed by atoms with Crippen LogP contribution in [0.1, 0.15) is 29.6 Å². The number of likely N-dealkylation sites (tertiary alicyclic amines) is 1. The number of furan rings is 1. The molecule has 2 aromatic rings. The standard InChI is InChI=1S/C19H22N2O2/c22-19(16-9-13-23-14-16)21-12-7-15-6-10-20(11-8-18(15)21)17-4-2-1-3-5-17/h1-5,9,13-15,18H,6-8,10-12H2. The van der Waals surface area contributed by atoms with Crippen molar-refractivity contribution in [2.45, 2.75) is 25.3 Å². The molecule has 1 aromatic heterocycles. The maximum absolute atomic E-state index is 12.7. The molecule has 1 amide bonds. The van der Waals surface area contributed by atoms with Crippen LogP contribution in [-0.4, -0.2) is 36.5 Å². The van der Waals surface area contributed by atoms with Crippen molar-refractivity contribution >= 4 is 11.6 Å². The number of carbonyl (C=O) groups excluding carboxylic acids is 1. The number of rotatable bonds is 2. The largest absolute Gasteiger partial charge is 0.472 e.